The third kappa shape index (κ3) is 6.49. The monoisotopic (exact) mass is 253 g/mol. The number of benzene rings is 1. The lowest BCUT2D eigenvalue weighted by Crippen LogP contribution is -2.26. The number of para-hydroxylation sites is 1. The predicted molar refractivity (Wildman–Crippen MR) is 62.9 cm³/mol. The second-order valence-electron chi connectivity index (χ2n) is 3.47. The molecule has 0 aromatic heterocycles. The Morgan fingerprint density at radius 2 is 1.94 bits per heavy atom. The fourth-order valence-corrected chi connectivity index (χ4v) is 1.17. The molecular formula is C12H15NO5. The molecule has 0 unspecified atom stereocenters. The summed E-state index contributed by atoms with van der Waals surface area (Å²) in [6, 6.07) is 9.27. The Balaban J connectivity index is 2.04. The van der Waals surface area contributed by atoms with Gasteiger partial charge < -0.3 is 9.84 Å². The number of aliphatic carboxylic acids is 1. The Morgan fingerprint density at radius 3 is 2.61 bits per heavy atom. The third-order valence-corrected chi connectivity index (χ3v) is 1.94. The van der Waals surface area contributed by atoms with Crippen molar-refractivity contribution in [2.24, 2.45) is 0 Å². The number of ether oxygens (including phenoxy) is 1. The summed E-state index contributed by atoms with van der Waals surface area (Å²) >= 11 is 0. The maximum atomic E-state index is 11.2. The highest BCUT2D eigenvalue weighted by atomic mass is 16.7. The molecular weight excluding hydrogens is 238 g/mol. The van der Waals surface area contributed by atoms with Crippen LogP contribution < -0.4 is 10.2 Å². The van der Waals surface area contributed by atoms with Gasteiger partial charge in [0.25, 0.3) is 0 Å². The number of carbonyl (C=O) groups is 2. The summed E-state index contributed by atoms with van der Waals surface area (Å²) in [4.78, 5) is 25.7. The first kappa shape index (κ1) is 14.0. The van der Waals surface area contributed by atoms with E-state index in [9.17, 15) is 9.59 Å². The summed E-state index contributed by atoms with van der Waals surface area (Å²) in [5, 5.41) is 8.27. The minimum atomic E-state index is -1.14. The topological polar surface area (TPSA) is 84.9 Å². The molecule has 1 rings (SSSR count). The van der Waals surface area contributed by atoms with Gasteiger partial charge in [0.1, 0.15) is 5.75 Å². The Morgan fingerprint density at radius 1 is 1.22 bits per heavy atom. The first-order valence-electron chi connectivity index (χ1n) is 5.49. The van der Waals surface area contributed by atoms with Crippen molar-refractivity contribution in [3.05, 3.63) is 30.3 Å². The Labute approximate surface area is 104 Å². The van der Waals surface area contributed by atoms with Crippen LogP contribution in [-0.2, 0) is 14.4 Å². The van der Waals surface area contributed by atoms with Crippen LogP contribution in [0.1, 0.15) is 12.8 Å². The van der Waals surface area contributed by atoms with Crippen LogP contribution in [0, 0.1) is 0 Å². The van der Waals surface area contributed by atoms with E-state index in [1.54, 1.807) is 0 Å². The second kappa shape index (κ2) is 8.08. The van der Waals surface area contributed by atoms with E-state index in [0.29, 0.717) is 13.0 Å². The first-order chi connectivity index (χ1) is 8.68. The van der Waals surface area contributed by atoms with Crippen molar-refractivity contribution in [1.82, 2.24) is 5.48 Å². The summed E-state index contributed by atoms with van der Waals surface area (Å²) in [5.41, 5.74) is 2.04. The SMILES string of the molecule is O=C(O)CONC(=O)CCCOc1ccccc1. The number of carbonyl (C=O) groups excluding carboxylic acids is 1. The maximum Gasteiger partial charge on any atom is 0.332 e. The molecule has 0 atom stereocenters. The zero-order valence-electron chi connectivity index (χ0n) is 9.80. The van der Waals surface area contributed by atoms with Crippen molar-refractivity contribution >= 4 is 11.9 Å². The van der Waals surface area contributed by atoms with Gasteiger partial charge in [0, 0.05) is 6.42 Å². The van der Waals surface area contributed by atoms with E-state index in [2.05, 4.69) is 4.84 Å². The minimum absolute atomic E-state index is 0.215. The number of amides is 1. The van der Waals surface area contributed by atoms with Crippen LogP contribution >= 0.6 is 0 Å². The van der Waals surface area contributed by atoms with E-state index in [1.165, 1.54) is 0 Å². The van der Waals surface area contributed by atoms with Gasteiger partial charge in [-0.3, -0.25) is 9.63 Å². The average molecular weight is 253 g/mol. The second-order valence-corrected chi connectivity index (χ2v) is 3.47. The van der Waals surface area contributed by atoms with Gasteiger partial charge in [-0.15, -0.1) is 0 Å². The summed E-state index contributed by atoms with van der Waals surface area (Å²) in [7, 11) is 0. The van der Waals surface area contributed by atoms with Crippen LogP contribution in [0.3, 0.4) is 0 Å². The molecule has 0 aliphatic carbocycles. The number of carboxylic acids is 1. The zero-order valence-corrected chi connectivity index (χ0v) is 9.80. The highest BCUT2D eigenvalue weighted by Crippen LogP contribution is 2.08. The number of nitrogens with one attached hydrogen (secondary N) is 1. The number of hydrogen-bond acceptors (Lipinski definition) is 4. The summed E-state index contributed by atoms with van der Waals surface area (Å²) in [6.07, 6.45) is 0.740. The van der Waals surface area contributed by atoms with Crippen molar-refractivity contribution in [2.45, 2.75) is 12.8 Å². The lowest BCUT2D eigenvalue weighted by Gasteiger charge is -2.06. The predicted octanol–water partition coefficient (Wildman–Crippen LogP) is 0.978. The van der Waals surface area contributed by atoms with Gasteiger partial charge in [-0.1, -0.05) is 18.2 Å². The van der Waals surface area contributed by atoms with Gasteiger partial charge in [-0.25, -0.2) is 10.3 Å². The van der Waals surface area contributed by atoms with Gasteiger partial charge in [0.15, 0.2) is 6.61 Å². The Kier molecular flexibility index (Phi) is 6.27. The van der Waals surface area contributed by atoms with Crippen LogP contribution in [0.2, 0.25) is 0 Å². The van der Waals surface area contributed by atoms with Crippen LogP contribution in [-0.4, -0.2) is 30.2 Å². The number of carboxylic acid groups (broad SMARTS) is 1. The van der Waals surface area contributed by atoms with Gasteiger partial charge in [0.05, 0.1) is 6.61 Å². The maximum absolute atomic E-state index is 11.2. The standard InChI is InChI=1S/C12H15NO5/c14-11(13-18-9-12(15)16)7-4-8-17-10-5-2-1-3-6-10/h1-3,5-6H,4,7-9H2,(H,13,14)(H,15,16). The van der Waals surface area contributed by atoms with Crippen molar-refractivity contribution in [2.75, 3.05) is 13.2 Å². The van der Waals surface area contributed by atoms with E-state index in [4.69, 9.17) is 9.84 Å². The van der Waals surface area contributed by atoms with Crippen molar-refractivity contribution < 1.29 is 24.3 Å². The molecule has 98 valence electrons. The molecule has 1 aromatic carbocycles. The Hall–Kier alpha value is -2.08. The zero-order chi connectivity index (χ0) is 13.2. The van der Waals surface area contributed by atoms with E-state index < -0.39 is 12.6 Å². The normalized spacial score (nSPS) is 9.78. The molecule has 6 nitrogen and oxygen atoms in total. The highest BCUT2D eigenvalue weighted by Gasteiger charge is 2.03. The largest absolute Gasteiger partial charge is 0.494 e. The molecule has 0 bridgehead atoms. The Bertz CT molecular complexity index is 379. The molecule has 0 saturated carbocycles. The van der Waals surface area contributed by atoms with Crippen molar-refractivity contribution in [1.29, 1.82) is 0 Å². The van der Waals surface area contributed by atoms with Crippen molar-refractivity contribution in [3.63, 3.8) is 0 Å². The highest BCUT2D eigenvalue weighted by molar-refractivity contribution is 5.75. The molecule has 1 aromatic rings. The molecule has 0 saturated heterocycles. The fourth-order valence-electron chi connectivity index (χ4n) is 1.17. The molecule has 2 N–H and O–H groups in total. The van der Waals surface area contributed by atoms with E-state index >= 15 is 0 Å². The van der Waals surface area contributed by atoms with Crippen LogP contribution in [0.4, 0.5) is 0 Å². The molecule has 0 aliphatic rings. The molecule has 0 spiro atoms. The lowest BCUT2D eigenvalue weighted by molar-refractivity contribution is -0.149. The van der Waals surface area contributed by atoms with E-state index in [1.807, 2.05) is 35.8 Å². The van der Waals surface area contributed by atoms with Crippen LogP contribution in [0.5, 0.6) is 5.75 Å². The van der Waals surface area contributed by atoms with Gasteiger partial charge >= 0.3 is 5.97 Å². The summed E-state index contributed by atoms with van der Waals surface area (Å²) in [6.45, 7) is -0.136. The molecule has 18 heavy (non-hydrogen) atoms. The van der Waals surface area contributed by atoms with Gasteiger partial charge in [-0.2, -0.15) is 0 Å². The minimum Gasteiger partial charge on any atom is -0.494 e. The molecule has 0 radical (unpaired) electrons. The number of hydroxylamine groups is 1. The molecule has 0 heterocycles. The molecule has 6 heteroatoms. The summed E-state index contributed by atoms with van der Waals surface area (Å²) < 4.78 is 5.38. The van der Waals surface area contributed by atoms with Gasteiger partial charge in [-0.05, 0) is 18.6 Å². The van der Waals surface area contributed by atoms with Crippen molar-refractivity contribution in [3.8, 4) is 5.75 Å². The number of rotatable bonds is 8. The molecule has 0 fully saturated rings. The summed E-state index contributed by atoms with van der Waals surface area (Å²) in [5.74, 6) is -0.754. The van der Waals surface area contributed by atoms with Gasteiger partial charge in [0.2, 0.25) is 5.91 Å². The first-order valence-corrected chi connectivity index (χ1v) is 5.49. The lowest BCUT2D eigenvalue weighted by atomic mass is 10.3. The van der Waals surface area contributed by atoms with Crippen LogP contribution in [0.25, 0.3) is 0 Å². The molecule has 0 aliphatic heterocycles. The fraction of sp³-hybridized carbons (Fsp3) is 0.333. The average Bonchev–Trinajstić information content (AvgIpc) is 2.35. The number of hydrogen-bond donors (Lipinski definition) is 2. The van der Waals surface area contributed by atoms with Crippen LogP contribution in [0.15, 0.2) is 30.3 Å². The smallest absolute Gasteiger partial charge is 0.332 e. The van der Waals surface area contributed by atoms with E-state index in [0.717, 1.165) is 5.75 Å². The quantitative estimate of drug-likeness (QED) is 0.533. The molecule has 1 amide bonds. The third-order valence-electron chi connectivity index (χ3n) is 1.94. The van der Waals surface area contributed by atoms with E-state index in [-0.39, 0.29) is 12.3 Å².